The Bertz CT molecular complexity index is 695. The summed E-state index contributed by atoms with van der Waals surface area (Å²) < 4.78 is 5.10. The molecule has 2 rings (SSSR count). The number of carbonyl (C=O) groups excluding carboxylic acids is 1. The van der Waals surface area contributed by atoms with Gasteiger partial charge in [0.2, 0.25) is 0 Å². The Labute approximate surface area is 136 Å². The summed E-state index contributed by atoms with van der Waals surface area (Å²) in [4.78, 5) is 12.5. The van der Waals surface area contributed by atoms with Crippen LogP contribution in [0.1, 0.15) is 41.3 Å². The van der Waals surface area contributed by atoms with Crippen LogP contribution in [0.5, 0.6) is 5.75 Å². The second-order valence-corrected chi connectivity index (χ2v) is 5.90. The van der Waals surface area contributed by atoms with Crippen molar-refractivity contribution in [1.82, 2.24) is 0 Å². The van der Waals surface area contributed by atoms with Crippen molar-refractivity contribution in [3.63, 3.8) is 0 Å². The third kappa shape index (κ3) is 3.42. The number of amides is 1. The maximum atomic E-state index is 12.5. The average molecular weight is 318 g/mol. The van der Waals surface area contributed by atoms with Gasteiger partial charge in [0.1, 0.15) is 5.75 Å². The lowest BCUT2D eigenvalue weighted by molar-refractivity contribution is 0.102. The van der Waals surface area contributed by atoms with Crippen LogP contribution in [0.2, 0.25) is 5.02 Å². The number of methoxy groups -OCH3 is 1. The second kappa shape index (κ2) is 6.84. The lowest BCUT2D eigenvalue weighted by Gasteiger charge is -2.16. The van der Waals surface area contributed by atoms with Gasteiger partial charge in [-0.05, 0) is 42.2 Å². The SMILES string of the molecule is COc1ccc(C(=O)Nc2c(C)cccc2C(C)C)cc1Cl. The van der Waals surface area contributed by atoms with Crippen LogP contribution in [0.4, 0.5) is 5.69 Å². The summed E-state index contributed by atoms with van der Waals surface area (Å²) in [7, 11) is 1.54. The van der Waals surface area contributed by atoms with E-state index in [1.807, 2.05) is 25.1 Å². The zero-order valence-electron chi connectivity index (χ0n) is 13.2. The molecule has 0 heterocycles. The molecule has 0 aromatic heterocycles. The van der Waals surface area contributed by atoms with Crippen LogP contribution in [-0.4, -0.2) is 13.0 Å². The molecule has 0 aliphatic rings. The maximum absolute atomic E-state index is 12.5. The standard InChI is InChI=1S/C18H20ClNO2/c1-11(2)14-7-5-6-12(3)17(14)20-18(21)13-8-9-16(22-4)15(19)10-13/h5-11H,1-4H3,(H,20,21). The Morgan fingerprint density at radius 3 is 2.55 bits per heavy atom. The van der Waals surface area contributed by atoms with Crippen molar-refractivity contribution in [2.75, 3.05) is 12.4 Å². The molecule has 0 atom stereocenters. The molecule has 0 radical (unpaired) electrons. The fourth-order valence-electron chi connectivity index (χ4n) is 2.34. The summed E-state index contributed by atoms with van der Waals surface area (Å²) in [6, 6.07) is 11.0. The van der Waals surface area contributed by atoms with Crippen molar-refractivity contribution in [3.8, 4) is 5.75 Å². The van der Waals surface area contributed by atoms with Gasteiger partial charge in [-0.2, -0.15) is 0 Å². The Balaban J connectivity index is 2.31. The lowest BCUT2D eigenvalue weighted by Crippen LogP contribution is -2.14. The van der Waals surface area contributed by atoms with Gasteiger partial charge in [-0.25, -0.2) is 0 Å². The number of nitrogens with one attached hydrogen (secondary N) is 1. The molecule has 3 nitrogen and oxygen atoms in total. The first kappa shape index (κ1) is 16.4. The summed E-state index contributed by atoms with van der Waals surface area (Å²) in [6.07, 6.45) is 0. The van der Waals surface area contributed by atoms with Crippen LogP contribution in [-0.2, 0) is 0 Å². The number of para-hydroxylation sites is 1. The van der Waals surface area contributed by atoms with E-state index in [0.29, 0.717) is 22.3 Å². The van der Waals surface area contributed by atoms with Crippen LogP contribution < -0.4 is 10.1 Å². The number of rotatable bonds is 4. The highest BCUT2D eigenvalue weighted by Crippen LogP contribution is 2.29. The van der Waals surface area contributed by atoms with E-state index < -0.39 is 0 Å². The van der Waals surface area contributed by atoms with Gasteiger partial charge in [0, 0.05) is 11.3 Å². The van der Waals surface area contributed by atoms with E-state index >= 15 is 0 Å². The Morgan fingerprint density at radius 2 is 1.95 bits per heavy atom. The van der Waals surface area contributed by atoms with Crippen molar-refractivity contribution in [3.05, 3.63) is 58.1 Å². The van der Waals surface area contributed by atoms with Crippen molar-refractivity contribution < 1.29 is 9.53 Å². The van der Waals surface area contributed by atoms with Gasteiger partial charge < -0.3 is 10.1 Å². The summed E-state index contributed by atoms with van der Waals surface area (Å²) in [6.45, 7) is 6.20. The number of anilines is 1. The molecule has 0 fully saturated rings. The fraction of sp³-hybridized carbons (Fsp3) is 0.278. The molecule has 1 amide bonds. The monoisotopic (exact) mass is 317 g/mol. The largest absolute Gasteiger partial charge is 0.495 e. The molecule has 0 saturated carbocycles. The van der Waals surface area contributed by atoms with E-state index in [1.165, 1.54) is 0 Å². The number of ether oxygens (including phenoxy) is 1. The normalized spacial score (nSPS) is 10.6. The highest BCUT2D eigenvalue weighted by Gasteiger charge is 2.14. The maximum Gasteiger partial charge on any atom is 0.255 e. The number of hydrogen-bond donors (Lipinski definition) is 1. The molecule has 2 aromatic carbocycles. The summed E-state index contributed by atoms with van der Waals surface area (Å²) in [5.74, 6) is 0.701. The first-order valence-corrected chi connectivity index (χ1v) is 7.56. The van der Waals surface area contributed by atoms with E-state index in [0.717, 1.165) is 16.8 Å². The number of carbonyl (C=O) groups is 1. The van der Waals surface area contributed by atoms with Crippen LogP contribution >= 0.6 is 11.6 Å². The third-order valence-corrected chi connectivity index (χ3v) is 3.87. The van der Waals surface area contributed by atoms with Crippen LogP contribution in [0.3, 0.4) is 0 Å². The van der Waals surface area contributed by atoms with E-state index in [2.05, 4.69) is 19.2 Å². The van der Waals surface area contributed by atoms with Crippen molar-refractivity contribution in [2.24, 2.45) is 0 Å². The van der Waals surface area contributed by atoms with E-state index in [-0.39, 0.29) is 5.91 Å². The molecular weight excluding hydrogens is 298 g/mol. The van der Waals surface area contributed by atoms with Gasteiger partial charge in [-0.15, -0.1) is 0 Å². The predicted molar refractivity (Wildman–Crippen MR) is 91.2 cm³/mol. The quantitative estimate of drug-likeness (QED) is 0.858. The Hall–Kier alpha value is -2.00. The topological polar surface area (TPSA) is 38.3 Å². The Morgan fingerprint density at radius 1 is 1.23 bits per heavy atom. The van der Waals surface area contributed by atoms with Gasteiger partial charge in [0.15, 0.2) is 0 Å². The summed E-state index contributed by atoms with van der Waals surface area (Å²) in [5.41, 5.74) is 3.53. The molecule has 22 heavy (non-hydrogen) atoms. The fourth-order valence-corrected chi connectivity index (χ4v) is 2.59. The van der Waals surface area contributed by atoms with E-state index in [4.69, 9.17) is 16.3 Å². The molecule has 0 aliphatic carbocycles. The molecule has 2 aromatic rings. The average Bonchev–Trinajstić information content (AvgIpc) is 2.48. The molecule has 116 valence electrons. The lowest BCUT2D eigenvalue weighted by atomic mass is 9.98. The molecule has 0 aliphatic heterocycles. The summed E-state index contributed by atoms with van der Waals surface area (Å²) >= 11 is 6.08. The molecule has 0 saturated heterocycles. The minimum Gasteiger partial charge on any atom is -0.495 e. The number of halogens is 1. The van der Waals surface area contributed by atoms with E-state index in [9.17, 15) is 4.79 Å². The zero-order valence-corrected chi connectivity index (χ0v) is 14.0. The second-order valence-electron chi connectivity index (χ2n) is 5.50. The zero-order chi connectivity index (χ0) is 16.3. The molecule has 4 heteroatoms. The highest BCUT2D eigenvalue weighted by molar-refractivity contribution is 6.32. The van der Waals surface area contributed by atoms with Crippen LogP contribution in [0, 0.1) is 6.92 Å². The highest BCUT2D eigenvalue weighted by atomic mass is 35.5. The van der Waals surface area contributed by atoms with Gasteiger partial charge in [-0.3, -0.25) is 4.79 Å². The molecule has 0 bridgehead atoms. The van der Waals surface area contributed by atoms with Gasteiger partial charge in [0.05, 0.1) is 12.1 Å². The smallest absolute Gasteiger partial charge is 0.255 e. The van der Waals surface area contributed by atoms with Crippen LogP contribution in [0.25, 0.3) is 0 Å². The first-order chi connectivity index (χ1) is 10.4. The van der Waals surface area contributed by atoms with Crippen molar-refractivity contribution in [2.45, 2.75) is 26.7 Å². The molecule has 0 spiro atoms. The van der Waals surface area contributed by atoms with Crippen molar-refractivity contribution in [1.29, 1.82) is 0 Å². The summed E-state index contributed by atoms with van der Waals surface area (Å²) in [5, 5.41) is 3.42. The van der Waals surface area contributed by atoms with Gasteiger partial charge >= 0.3 is 0 Å². The predicted octanol–water partition coefficient (Wildman–Crippen LogP) is 5.03. The number of aryl methyl sites for hydroxylation is 1. The minimum atomic E-state index is -0.180. The Kier molecular flexibility index (Phi) is 5.09. The molecular formula is C18H20ClNO2. The van der Waals surface area contributed by atoms with Gasteiger partial charge in [0.25, 0.3) is 5.91 Å². The molecule has 0 unspecified atom stereocenters. The first-order valence-electron chi connectivity index (χ1n) is 7.18. The molecule has 1 N–H and O–H groups in total. The number of benzene rings is 2. The van der Waals surface area contributed by atoms with Gasteiger partial charge in [-0.1, -0.05) is 43.6 Å². The van der Waals surface area contributed by atoms with Crippen molar-refractivity contribution >= 4 is 23.2 Å². The van der Waals surface area contributed by atoms with Crippen LogP contribution in [0.15, 0.2) is 36.4 Å². The number of hydrogen-bond acceptors (Lipinski definition) is 2. The third-order valence-electron chi connectivity index (χ3n) is 3.58. The minimum absolute atomic E-state index is 0.180. The van der Waals surface area contributed by atoms with E-state index in [1.54, 1.807) is 25.3 Å².